The number of rotatable bonds is 7. The van der Waals surface area contributed by atoms with E-state index in [1.54, 1.807) is 0 Å². The molecular formula is C14H27N3O3. The number of amides is 2. The molecule has 0 aliphatic carbocycles. The van der Waals surface area contributed by atoms with Gasteiger partial charge in [0.2, 0.25) is 0 Å². The molecule has 0 saturated carbocycles. The van der Waals surface area contributed by atoms with Crippen LogP contribution in [0.3, 0.4) is 0 Å². The molecule has 116 valence electrons. The molecule has 6 nitrogen and oxygen atoms in total. The molecule has 1 aliphatic rings. The standard InChI is InChI=1S/C14H27N3O3/c1-11(5-6-13(18)19)8-15-14(20)16-9-12-4-3-7-17(2)10-12/h11-12H,3-10H2,1-2H3,(H,18,19)(H2,15,16,20). The number of aliphatic carboxylic acids is 1. The third kappa shape index (κ3) is 7.33. The monoisotopic (exact) mass is 285 g/mol. The van der Waals surface area contributed by atoms with Crippen molar-refractivity contribution in [3.8, 4) is 0 Å². The fourth-order valence-corrected chi connectivity index (χ4v) is 2.48. The molecule has 3 N–H and O–H groups in total. The Balaban J connectivity index is 2.09. The molecule has 1 aliphatic heterocycles. The number of hydrogen-bond donors (Lipinski definition) is 3. The van der Waals surface area contributed by atoms with E-state index in [2.05, 4.69) is 22.6 Å². The molecule has 1 saturated heterocycles. The molecule has 0 spiro atoms. The van der Waals surface area contributed by atoms with Gasteiger partial charge in [-0.15, -0.1) is 0 Å². The SMILES string of the molecule is CC(CCC(=O)O)CNC(=O)NCC1CCCN(C)C1. The van der Waals surface area contributed by atoms with Gasteiger partial charge in [0.1, 0.15) is 0 Å². The molecule has 0 radical (unpaired) electrons. The molecule has 6 heteroatoms. The number of nitrogens with one attached hydrogen (secondary N) is 2. The predicted octanol–water partition coefficient (Wildman–Crippen LogP) is 1.13. The van der Waals surface area contributed by atoms with Gasteiger partial charge in [0.05, 0.1) is 0 Å². The van der Waals surface area contributed by atoms with Crippen molar-refractivity contribution in [3.63, 3.8) is 0 Å². The zero-order valence-electron chi connectivity index (χ0n) is 12.5. The second-order valence-corrected chi connectivity index (χ2v) is 5.90. The van der Waals surface area contributed by atoms with E-state index in [4.69, 9.17) is 5.11 Å². The topological polar surface area (TPSA) is 81.7 Å². The average Bonchev–Trinajstić information content (AvgIpc) is 2.40. The van der Waals surface area contributed by atoms with Crippen molar-refractivity contribution >= 4 is 12.0 Å². The first-order valence-electron chi connectivity index (χ1n) is 7.39. The van der Waals surface area contributed by atoms with E-state index in [0.717, 1.165) is 13.1 Å². The van der Waals surface area contributed by atoms with Crippen molar-refractivity contribution in [2.45, 2.75) is 32.6 Å². The Morgan fingerprint density at radius 2 is 2.15 bits per heavy atom. The number of carbonyl (C=O) groups is 2. The third-order valence-electron chi connectivity index (χ3n) is 3.74. The zero-order valence-corrected chi connectivity index (χ0v) is 12.5. The molecule has 20 heavy (non-hydrogen) atoms. The second kappa shape index (κ2) is 8.79. The smallest absolute Gasteiger partial charge is 0.314 e. The lowest BCUT2D eigenvalue weighted by molar-refractivity contribution is -0.137. The Labute approximate surface area is 120 Å². The first kappa shape index (κ1) is 16.8. The highest BCUT2D eigenvalue weighted by molar-refractivity contribution is 5.73. The number of carbonyl (C=O) groups excluding carboxylic acids is 1. The van der Waals surface area contributed by atoms with Gasteiger partial charge in [-0.05, 0) is 44.7 Å². The molecule has 2 amide bonds. The largest absolute Gasteiger partial charge is 0.481 e. The molecule has 2 atom stereocenters. The lowest BCUT2D eigenvalue weighted by Crippen LogP contribution is -2.43. The van der Waals surface area contributed by atoms with Crippen molar-refractivity contribution in [2.24, 2.45) is 11.8 Å². The normalized spacial score (nSPS) is 21.2. The van der Waals surface area contributed by atoms with Crippen LogP contribution in [0.15, 0.2) is 0 Å². The van der Waals surface area contributed by atoms with Gasteiger partial charge in [0.25, 0.3) is 0 Å². The Morgan fingerprint density at radius 1 is 1.40 bits per heavy atom. The zero-order chi connectivity index (χ0) is 15.0. The van der Waals surface area contributed by atoms with Gasteiger partial charge in [-0.3, -0.25) is 4.79 Å². The summed E-state index contributed by atoms with van der Waals surface area (Å²) in [6, 6.07) is -0.152. The molecular weight excluding hydrogens is 258 g/mol. The first-order valence-corrected chi connectivity index (χ1v) is 7.39. The minimum Gasteiger partial charge on any atom is -0.481 e. The van der Waals surface area contributed by atoms with Crippen molar-refractivity contribution in [3.05, 3.63) is 0 Å². The van der Waals surface area contributed by atoms with Crippen LogP contribution in [0.1, 0.15) is 32.6 Å². The van der Waals surface area contributed by atoms with Crippen LogP contribution in [-0.4, -0.2) is 55.2 Å². The lowest BCUT2D eigenvalue weighted by atomic mass is 9.99. The van der Waals surface area contributed by atoms with Crippen LogP contribution < -0.4 is 10.6 Å². The van der Waals surface area contributed by atoms with Crippen molar-refractivity contribution in [1.29, 1.82) is 0 Å². The summed E-state index contributed by atoms with van der Waals surface area (Å²) >= 11 is 0. The van der Waals surface area contributed by atoms with Crippen LogP contribution in [0.25, 0.3) is 0 Å². The minimum absolute atomic E-state index is 0.152. The number of likely N-dealkylation sites (tertiary alicyclic amines) is 1. The maximum Gasteiger partial charge on any atom is 0.314 e. The Hall–Kier alpha value is -1.30. The molecule has 2 unspecified atom stereocenters. The molecule has 1 fully saturated rings. The molecule has 0 bridgehead atoms. The molecule has 1 heterocycles. The molecule has 0 aromatic rings. The summed E-state index contributed by atoms with van der Waals surface area (Å²) in [5, 5.41) is 14.3. The highest BCUT2D eigenvalue weighted by Crippen LogP contribution is 2.13. The Morgan fingerprint density at radius 3 is 2.80 bits per heavy atom. The Kier molecular flexibility index (Phi) is 7.36. The van der Waals surface area contributed by atoms with Crippen LogP contribution in [0.5, 0.6) is 0 Å². The number of carboxylic acid groups (broad SMARTS) is 1. The molecule has 0 aromatic heterocycles. The van der Waals surface area contributed by atoms with Gasteiger partial charge in [-0.1, -0.05) is 6.92 Å². The predicted molar refractivity (Wildman–Crippen MR) is 77.7 cm³/mol. The molecule has 1 rings (SSSR count). The van der Waals surface area contributed by atoms with Crippen LogP contribution in [-0.2, 0) is 4.79 Å². The summed E-state index contributed by atoms with van der Waals surface area (Å²) in [6.45, 7) is 5.35. The van der Waals surface area contributed by atoms with E-state index in [1.165, 1.54) is 12.8 Å². The third-order valence-corrected chi connectivity index (χ3v) is 3.74. The maximum atomic E-state index is 11.7. The van der Waals surface area contributed by atoms with E-state index in [0.29, 0.717) is 25.4 Å². The van der Waals surface area contributed by atoms with Crippen LogP contribution in [0, 0.1) is 11.8 Å². The number of urea groups is 1. The van der Waals surface area contributed by atoms with Crippen molar-refractivity contribution in [2.75, 3.05) is 33.2 Å². The van der Waals surface area contributed by atoms with Gasteiger partial charge in [0, 0.05) is 26.1 Å². The summed E-state index contributed by atoms with van der Waals surface area (Å²) < 4.78 is 0. The fraction of sp³-hybridized carbons (Fsp3) is 0.857. The summed E-state index contributed by atoms with van der Waals surface area (Å²) in [5.41, 5.74) is 0. The highest BCUT2D eigenvalue weighted by atomic mass is 16.4. The summed E-state index contributed by atoms with van der Waals surface area (Å²) in [5.74, 6) is -0.0793. The van der Waals surface area contributed by atoms with Crippen molar-refractivity contribution < 1.29 is 14.7 Å². The van der Waals surface area contributed by atoms with E-state index in [-0.39, 0.29) is 18.4 Å². The quantitative estimate of drug-likeness (QED) is 0.655. The highest BCUT2D eigenvalue weighted by Gasteiger charge is 2.17. The first-order chi connectivity index (χ1) is 9.47. The fourth-order valence-electron chi connectivity index (χ4n) is 2.48. The lowest BCUT2D eigenvalue weighted by Gasteiger charge is -2.29. The van der Waals surface area contributed by atoms with Crippen molar-refractivity contribution in [1.82, 2.24) is 15.5 Å². The summed E-state index contributed by atoms with van der Waals surface area (Å²) in [7, 11) is 2.11. The summed E-state index contributed by atoms with van der Waals surface area (Å²) in [4.78, 5) is 24.4. The number of nitrogens with zero attached hydrogens (tertiary/aromatic N) is 1. The Bertz CT molecular complexity index is 323. The minimum atomic E-state index is -0.789. The molecule has 0 aromatic carbocycles. The van der Waals surface area contributed by atoms with Gasteiger partial charge >= 0.3 is 12.0 Å². The van der Waals surface area contributed by atoms with Gasteiger partial charge in [-0.25, -0.2) is 4.79 Å². The van der Waals surface area contributed by atoms with Gasteiger partial charge in [-0.2, -0.15) is 0 Å². The second-order valence-electron chi connectivity index (χ2n) is 5.90. The van der Waals surface area contributed by atoms with Crippen LogP contribution in [0.2, 0.25) is 0 Å². The van der Waals surface area contributed by atoms with Crippen LogP contribution in [0.4, 0.5) is 4.79 Å². The maximum absolute atomic E-state index is 11.7. The number of carboxylic acids is 1. The number of piperidine rings is 1. The van der Waals surface area contributed by atoms with Gasteiger partial charge < -0.3 is 20.6 Å². The van der Waals surface area contributed by atoms with Gasteiger partial charge in [0.15, 0.2) is 0 Å². The van der Waals surface area contributed by atoms with E-state index in [1.807, 2.05) is 6.92 Å². The van der Waals surface area contributed by atoms with E-state index < -0.39 is 5.97 Å². The van der Waals surface area contributed by atoms with E-state index >= 15 is 0 Å². The average molecular weight is 285 g/mol. The number of hydrogen-bond acceptors (Lipinski definition) is 3. The van der Waals surface area contributed by atoms with Crippen LogP contribution >= 0.6 is 0 Å². The van der Waals surface area contributed by atoms with E-state index in [9.17, 15) is 9.59 Å². The summed E-state index contributed by atoms with van der Waals surface area (Å²) in [6.07, 6.45) is 3.10.